The summed E-state index contributed by atoms with van der Waals surface area (Å²) in [5.41, 5.74) is 2.35. The molecule has 0 spiro atoms. The molecule has 0 atom stereocenters. The molecule has 2 aromatic rings. The average molecular weight is 374 g/mol. The quantitative estimate of drug-likeness (QED) is 0.811. The number of rotatable bonds is 6. The second-order valence-corrected chi connectivity index (χ2v) is 8.31. The first kappa shape index (κ1) is 18.6. The zero-order chi connectivity index (χ0) is 18.8. The van der Waals surface area contributed by atoms with Gasteiger partial charge in [-0.25, -0.2) is 13.1 Å². The third kappa shape index (κ3) is 3.95. The van der Waals surface area contributed by atoms with Crippen LogP contribution in [0.3, 0.4) is 0 Å². The molecule has 138 valence electrons. The third-order valence-corrected chi connectivity index (χ3v) is 6.06. The molecule has 0 aromatic heterocycles. The largest absolute Gasteiger partial charge is 0.376 e. The van der Waals surface area contributed by atoms with Gasteiger partial charge in [0.25, 0.3) is 0 Å². The van der Waals surface area contributed by atoms with E-state index in [2.05, 4.69) is 10.0 Å². The van der Waals surface area contributed by atoms with Gasteiger partial charge in [-0.05, 0) is 35.4 Å². The number of carbonyl (C=O) groups excluding carboxylic acids is 1. The second-order valence-electron chi connectivity index (χ2n) is 6.54. The first-order chi connectivity index (χ1) is 12.3. The van der Waals surface area contributed by atoms with Crippen LogP contribution in [0.4, 0.5) is 5.69 Å². The lowest BCUT2D eigenvalue weighted by Crippen LogP contribution is -2.45. The lowest BCUT2D eigenvalue weighted by molar-refractivity contribution is -0.114. The van der Waals surface area contributed by atoms with E-state index in [4.69, 9.17) is 4.74 Å². The maximum absolute atomic E-state index is 12.6. The van der Waals surface area contributed by atoms with Crippen molar-refractivity contribution in [3.05, 3.63) is 59.7 Å². The Labute approximate surface area is 153 Å². The molecule has 0 saturated carbocycles. The lowest BCUT2D eigenvalue weighted by atomic mass is 10.0. The predicted octanol–water partition coefficient (Wildman–Crippen LogP) is 2.11. The van der Waals surface area contributed by atoms with Gasteiger partial charge in [0, 0.05) is 39.1 Å². The molecule has 2 N–H and O–H groups in total. The van der Waals surface area contributed by atoms with E-state index < -0.39 is 15.6 Å². The van der Waals surface area contributed by atoms with Gasteiger partial charge in [0.1, 0.15) is 0 Å². The van der Waals surface area contributed by atoms with Crippen LogP contribution in [0.2, 0.25) is 0 Å². The number of amides is 1. The van der Waals surface area contributed by atoms with E-state index in [-0.39, 0.29) is 17.3 Å². The van der Waals surface area contributed by atoms with Crippen LogP contribution in [0.1, 0.15) is 18.1 Å². The summed E-state index contributed by atoms with van der Waals surface area (Å²) in [6.45, 7) is 1.59. The Bertz CT molecular complexity index is 882. The number of sulfonamides is 1. The fourth-order valence-corrected chi connectivity index (χ4v) is 4.35. The molecular weight excluding hydrogens is 352 g/mol. The molecule has 0 fully saturated rings. The minimum Gasteiger partial charge on any atom is -0.376 e. The number of hydrogen-bond donors (Lipinski definition) is 2. The fourth-order valence-electron chi connectivity index (χ4n) is 3.23. The van der Waals surface area contributed by atoms with Gasteiger partial charge in [-0.2, -0.15) is 0 Å². The van der Waals surface area contributed by atoms with Crippen LogP contribution in [-0.4, -0.2) is 33.6 Å². The molecule has 7 heteroatoms. The van der Waals surface area contributed by atoms with Crippen molar-refractivity contribution in [3.63, 3.8) is 0 Å². The van der Waals surface area contributed by atoms with E-state index >= 15 is 0 Å². The Balaban J connectivity index is 1.71. The van der Waals surface area contributed by atoms with Crippen LogP contribution in [0.5, 0.6) is 0 Å². The minimum atomic E-state index is -3.67. The van der Waals surface area contributed by atoms with Gasteiger partial charge >= 0.3 is 0 Å². The molecule has 0 heterocycles. The molecule has 0 aliphatic heterocycles. The van der Waals surface area contributed by atoms with E-state index in [0.717, 1.165) is 0 Å². The van der Waals surface area contributed by atoms with Crippen molar-refractivity contribution in [2.75, 3.05) is 19.0 Å². The number of benzene rings is 2. The first-order valence-electron chi connectivity index (χ1n) is 8.33. The monoisotopic (exact) mass is 374 g/mol. The fraction of sp³-hybridized carbons (Fsp3) is 0.316. The van der Waals surface area contributed by atoms with Gasteiger partial charge in [-0.3, -0.25) is 4.79 Å². The summed E-state index contributed by atoms with van der Waals surface area (Å²) in [4.78, 5) is 11.2. The molecule has 0 unspecified atom stereocenters. The Morgan fingerprint density at radius 3 is 2.15 bits per heavy atom. The van der Waals surface area contributed by atoms with Crippen molar-refractivity contribution in [3.8, 4) is 0 Å². The van der Waals surface area contributed by atoms with Gasteiger partial charge in [0.15, 0.2) is 0 Å². The molecule has 3 rings (SSSR count). The summed E-state index contributed by atoms with van der Waals surface area (Å²) >= 11 is 0. The van der Waals surface area contributed by atoms with Gasteiger partial charge < -0.3 is 10.1 Å². The number of fused-ring (bicyclic) bond motifs is 1. The molecule has 1 aliphatic carbocycles. The number of methoxy groups -OCH3 is 1. The van der Waals surface area contributed by atoms with E-state index in [1.54, 1.807) is 19.2 Å². The molecule has 0 radical (unpaired) electrons. The first-order valence-corrected chi connectivity index (χ1v) is 9.81. The second kappa shape index (κ2) is 7.19. The zero-order valence-corrected chi connectivity index (χ0v) is 15.6. The smallest absolute Gasteiger partial charge is 0.240 e. The standard InChI is InChI=1S/C19H22N2O4S/c1-14(22)21-17-7-9-18(10-8-17)26(23,24)20-13-19(25-2)11-15-5-3-4-6-16(15)12-19/h3-10,20H,11-13H2,1-2H3,(H,21,22). The minimum absolute atomic E-state index is 0.147. The Morgan fingerprint density at radius 2 is 1.65 bits per heavy atom. The van der Waals surface area contributed by atoms with E-state index in [9.17, 15) is 13.2 Å². The maximum atomic E-state index is 12.6. The van der Waals surface area contributed by atoms with Gasteiger partial charge in [0.2, 0.25) is 15.9 Å². The SMILES string of the molecule is COC1(CNS(=O)(=O)c2ccc(NC(C)=O)cc2)Cc2ccccc2C1. The molecule has 0 saturated heterocycles. The van der Waals surface area contributed by atoms with Crippen molar-refractivity contribution in [1.82, 2.24) is 4.72 Å². The molecule has 0 bridgehead atoms. The number of nitrogens with one attached hydrogen (secondary N) is 2. The molecule has 1 amide bonds. The highest BCUT2D eigenvalue weighted by Gasteiger charge is 2.38. The van der Waals surface area contributed by atoms with Crippen molar-refractivity contribution in [1.29, 1.82) is 0 Å². The third-order valence-electron chi connectivity index (χ3n) is 4.65. The maximum Gasteiger partial charge on any atom is 0.240 e. The number of carbonyl (C=O) groups is 1. The average Bonchev–Trinajstić information content (AvgIpc) is 2.99. The van der Waals surface area contributed by atoms with Crippen LogP contribution >= 0.6 is 0 Å². The van der Waals surface area contributed by atoms with E-state index in [1.807, 2.05) is 24.3 Å². The normalized spacial score (nSPS) is 15.5. The summed E-state index contributed by atoms with van der Waals surface area (Å²) in [6, 6.07) is 14.1. The van der Waals surface area contributed by atoms with Crippen LogP contribution in [0.15, 0.2) is 53.4 Å². The molecule has 2 aromatic carbocycles. The van der Waals surface area contributed by atoms with Crippen LogP contribution < -0.4 is 10.0 Å². The molecular formula is C19H22N2O4S. The van der Waals surface area contributed by atoms with Crippen molar-refractivity contribution >= 4 is 21.6 Å². The Hall–Kier alpha value is -2.22. The summed E-state index contributed by atoms with van der Waals surface area (Å²) in [5, 5.41) is 2.61. The van der Waals surface area contributed by atoms with Gasteiger partial charge in [-0.15, -0.1) is 0 Å². The lowest BCUT2D eigenvalue weighted by Gasteiger charge is -2.27. The zero-order valence-electron chi connectivity index (χ0n) is 14.8. The van der Waals surface area contributed by atoms with Crippen molar-refractivity contribution in [2.45, 2.75) is 30.3 Å². The van der Waals surface area contributed by atoms with Crippen LogP contribution in [0, 0.1) is 0 Å². The van der Waals surface area contributed by atoms with Crippen LogP contribution in [-0.2, 0) is 32.4 Å². The Kier molecular flexibility index (Phi) is 5.13. The van der Waals surface area contributed by atoms with Gasteiger partial charge in [-0.1, -0.05) is 24.3 Å². The topological polar surface area (TPSA) is 84.5 Å². The van der Waals surface area contributed by atoms with Crippen LogP contribution in [0.25, 0.3) is 0 Å². The summed E-state index contributed by atoms with van der Waals surface area (Å²) in [6.07, 6.45) is 1.34. The molecule has 26 heavy (non-hydrogen) atoms. The summed E-state index contributed by atoms with van der Waals surface area (Å²) in [5.74, 6) is -0.207. The predicted molar refractivity (Wildman–Crippen MR) is 99.5 cm³/mol. The van der Waals surface area contributed by atoms with E-state index in [0.29, 0.717) is 18.5 Å². The van der Waals surface area contributed by atoms with E-state index in [1.165, 1.54) is 30.2 Å². The van der Waals surface area contributed by atoms with Gasteiger partial charge in [0.05, 0.1) is 10.5 Å². The highest BCUT2D eigenvalue weighted by atomic mass is 32.2. The Morgan fingerprint density at radius 1 is 1.08 bits per heavy atom. The number of anilines is 1. The summed E-state index contributed by atoms with van der Waals surface area (Å²) in [7, 11) is -2.06. The van der Waals surface area contributed by atoms with Crippen molar-refractivity contribution < 1.29 is 17.9 Å². The highest BCUT2D eigenvalue weighted by molar-refractivity contribution is 7.89. The molecule has 1 aliphatic rings. The summed E-state index contributed by atoms with van der Waals surface area (Å²) < 4.78 is 33.6. The number of ether oxygens (including phenoxy) is 1. The highest BCUT2D eigenvalue weighted by Crippen LogP contribution is 2.32. The van der Waals surface area contributed by atoms with Crippen molar-refractivity contribution in [2.24, 2.45) is 0 Å². The number of hydrogen-bond acceptors (Lipinski definition) is 4. The molecule has 6 nitrogen and oxygen atoms in total.